The van der Waals surface area contributed by atoms with E-state index in [1.54, 1.807) is 18.7 Å². The number of hydrogen-bond donors (Lipinski definition) is 4. The fourth-order valence-electron chi connectivity index (χ4n) is 1.10. The summed E-state index contributed by atoms with van der Waals surface area (Å²) in [7, 11) is -4.64. The molecule has 2 aromatic rings. The van der Waals surface area contributed by atoms with Crippen molar-refractivity contribution in [2.75, 3.05) is 0 Å². The van der Waals surface area contributed by atoms with E-state index in [1.165, 1.54) is 5.56 Å². The van der Waals surface area contributed by atoms with E-state index in [9.17, 15) is 0 Å². The molecule has 7 nitrogen and oxygen atoms in total. The minimum Gasteiger partial charge on any atom is -0.348 e. The number of rotatable bonds is 2. The third-order valence-electron chi connectivity index (χ3n) is 1.70. The van der Waals surface area contributed by atoms with E-state index in [4.69, 9.17) is 19.2 Å². The van der Waals surface area contributed by atoms with Gasteiger partial charge in [-0.1, -0.05) is 0 Å². The molecule has 8 heteroatoms. The topological polar surface area (TPSA) is 119 Å². The lowest BCUT2D eigenvalue weighted by Crippen LogP contribution is -1.87. The Morgan fingerprint density at radius 3 is 2.24 bits per heavy atom. The molecule has 0 aromatic carbocycles. The van der Waals surface area contributed by atoms with Crippen LogP contribution in [0.3, 0.4) is 0 Å². The van der Waals surface area contributed by atoms with Gasteiger partial charge in [-0.3, -0.25) is 4.98 Å². The second kappa shape index (κ2) is 6.27. The normalized spacial score (nSPS) is 10.5. The molecule has 4 N–H and O–H groups in total. The summed E-state index contributed by atoms with van der Waals surface area (Å²) in [6.07, 6.45) is 8.01. The summed E-state index contributed by atoms with van der Waals surface area (Å²) in [5.41, 5.74) is 2.37. The van der Waals surface area contributed by atoms with Gasteiger partial charge in [0.15, 0.2) is 0 Å². The van der Waals surface area contributed by atoms with Crippen LogP contribution in [0.2, 0.25) is 0 Å². The highest BCUT2D eigenvalue weighted by Gasteiger charge is 2.00. The van der Waals surface area contributed by atoms with Gasteiger partial charge in [0.25, 0.3) is 0 Å². The standard InChI is InChI=1S/C9H9N3.H3O4P/c1-3-10-4-2-8(1)5-9-6-11-7-12-9;1-5(2,3)4/h1-4,6-7H,5H2,(H,11,12);(H3,1,2,3,4). The molecule has 0 atom stereocenters. The molecule has 0 saturated carbocycles. The molecule has 2 heterocycles. The van der Waals surface area contributed by atoms with Gasteiger partial charge < -0.3 is 19.7 Å². The molecule has 2 rings (SSSR count). The summed E-state index contributed by atoms with van der Waals surface area (Å²) in [6.45, 7) is 0. The highest BCUT2D eigenvalue weighted by atomic mass is 31.2. The van der Waals surface area contributed by atoms with Crippen LogP contribution >= 0.6 is 7.82 Å². The van der Waals surface area contributed by atoms with E-state index in [-0.39, 0.29) is 0 Å². The minimum atomic E-state index is -4.64. The first-order chi connectivity index (χ1) is 7.95. The van der Waals surface area contributed by atoms with Crippen LogP contribution < -0.4 is 0 Å². The van der Waals surface area contributed by atoms with E-state index in [1.807, 2.05) is 18.3 Å². The Balaban J connectivity index is 0.000000249. The van der Waals surface area contributed by atoms with Gasteiger partial charge in [-0.25, -0.2) is 9.55 Å². The Labute approximate surface area is 97.4 Å². The number of H-pyrrole nitrogens is 1. The molecule has 2 aromatic heterocycles. The first-order valence-electron chi connectivity index (χ1n) is 4.59. The number of phosphoric acid groups is 1. The van der Waals surface area contributed by atoms with Crippen molar-refractivity contribution < 1.29 is 19.2 Å². The Bertz CT molecular complexity index is 460. The predicted octanol–water partition coefficient (Wildman–Crippen LogP) is 0.467. The molecule has 0 aliphatic rings. The van der Waals surface area contributed by atoms with Gasteiger partial charge >= 0.3 is 7.82 Å². The van der Waals surface area contributed by atoms with Crippen molar-refractivity contribution in [3.8, 4) is 0 Å². The molecule has 0 radical (unpaired) electrons. The van der Waals surface area contributed by atoms with Gasteiger partial charge in [-0.2, -0.15) is 0 Å². The fraction of sp³-hybridized carbons (Fsp3) is 0.111. The predicted molar refractivity (Wildman–Crippen MR) is 59.9 cm³/mol. The first kappa shape index (κ1) is 13.5. The van der Waals surface area contributed by atoms with Gasteiger partial charge in [0, 0.05) is 30.7 Å². The van der Waals surface area contributed by atoms with Gasteiger partial charge in [0.05, 0.1) is 6.33 Å². The maximum Gasteiger partial charge on any atom is 0.466 e. The average Bonchev–Trinajstić information content (AvgIpc) is 2.69. The van der Waals surface area contributed by atoms with E-state index in [2.05, 4.69) is 15.0 Å². The highest BCUT2D eigenvalue weighted by Crippen LogP contribution is 2.25. The van der Waals surface area contributed by atoms with Crippen molar-refractivity contribution in [1.82, 2.24) is 15.0 Å². The van der Waals surface area contributed by atoms with Crippen LogP contribution in [0.25, 0.3) is 0 Å². The maximum atomic E-state index is 8.88. The van der Waals surface area contributed by atoms with Crippen LogP contribution in [0.15, 0.2) is 37.1 Å². The number of aromatic nitrogens is 3. The number of pyridine rings is 1. The zero-order valence-electron chi connectivity index (χ0n) is 8.76. The van der Waals surface area contributed by atoms with E-state index < -0.39 is 7.82 Å². The lowest BCUT2D eigenvalue weighted by molar-refractivity contribution is 0.275. The van der Waals surface area contributed by atoms with E-state index in [0.717, 1.165) is 12.1 Å². The average molecular weight is 257 g/mol. The second-order valence-corrected chi connectivity index (χ2v) is 4.15. The summed E-state index contributed by atoms with van der Waals surface area (Å²) < 4.78 is 8.88. The van der Waals surface area contributed by atoms with Crippen molar-refractivity contribution >= 4 is 7.82 Å². The van der Waals surface area contributed by atoms with Crippen molar-refractivity contribution in [2.45, 2.75) is 6.42 Å². The smallest absolute Gasteiger partial charge is 0.348 e. The van der Waals surface area contributed by atoms with Crippen LogP contribution in [0.4, 0.5) is 0 Å². The number of nitrogens with one attached hydrogen (secondary N) is 1. The highest BCUT2D eigenvalue weighted by molar-refractivity contribution is 7.45. The van der Waals surface area contributed by atoms with Crippen LogP contribution in [-0.2, 0) is 11.0 Å². The zero-order valence-corrected chi connectivity index (χ0v) is 9.66. The Morgan fingerprint density at radius 2 is 1.76 bits per heavy atom. The van der Waals surface area contributed by atoms with Crippen LogP contribution in [0.5, 0.6) is 0 Å². The van der Waals surface area contributed by atoms with E-state index >= 15 is 0 Å². The fourth-order valence-corrected chi connectivity index (χ4v) is 1.10. The van der Waals surface area contributed by atoms with Gasteiger partial charge in [0.1, 0.15) is 0 Å². The quantitative estimate of drug-likeness (QED) is 0.580. The Hall–Kier alpha value is -1.53. The molecular weight excluding hydrogens is 245 g/mol. The third kappa shape index (κ3) is 7.37. The molecule has 0 saturated heterocycles. The molecule has 0 bridgehead atoms. The molecule has 0 fully saturated rings. The van der Waals surface area contributed by atoms with Crippen molar-refractivity contribution in [2.24, 2.45) is 0 Å². The minimum absolute atomic E-state index is 0.891. The van der Waals surface area contributed by atoms with Crippen LogP contribution in [-0.4, -0.2) is 29.6 Å². The number of aromatic amines is 1. The Kier molecular flexibility index (Phi) is 4.99. The van der Waals surface area contributed by atoms with E-state index in [0.29, 0.717) is 0 Å². The summed E-state index contributed by atoms with van der Waals surface area (Å²) in [6, 6.07) is 4.00. The molecule has 0 unspecified atom stereocenters. The van der Waals surface area contributed by atoms with Gasteiger partial charge in [-0.15, -0.1) is 0 Å². The second-order valence-electron chi connectivity index (χ2n) is 3.12. The molecule has 92 valence electrons. The zero-order chi connectivity index (χ0) is 12.7. The summed E-state index contributed by atoms with van der Waals surface area (Å²) in [5.74, 6) is 0. The van der Waals surface area contributed by atoms with Gasteiger partial charge in [-0.05, 0) is 17.7 Å². The van der Waals surface area contributed by atoms with Crippen molar-refractivity contribution in [1.29, 1.82) is 0 Å². The maximum absolute atomic E-state index is 8.88. The van der Waals surface area contributed by atoms with Crippen LogP contribution in [0, 0.1) is 0 Å². The summed E-state index contributed by atoms with van der Waals surface area (Å²) in [4.78, 5) is 32.5. The van der Waals surface area contributed by atoms with Crippen molar-refractivity contribution in [3.63, 3.8) is 0 Å². The molecule has 0 spiro atoms. The molecule has 0 amide bonds. The SMILES string of the molecule is O=P(O)(O)O.c1cc(Cc2cnc[nH]2)ccn1. The van der Waals surface area contributed by atoms with Gasteiger partial charge in [0.2, 0.25) is 0 Å². The molecule has 0 aliphatic carbocycles. The number of imidazole rings is 1. The molecule has 17 heavy (non-hydrogen) atoms. The number of nitrogens with zero attached hydrogens (tertiary/aromatic N) is 2. The van der Waals surface area contributed by atoms with Crippen LogP contribution in [0.1, 0.15) is 11.3 Å². The monoisotopic (exact) mass is 257 g/mol. The van der Waals surface area contributed by atoms with Crippen molar-refractivity contribution in [3.05, 3.63) is 48.3 Å². The molecule has 0 aliphatic heterocycles. The lowest BCUT2D eigenvalue weighted by atomic mass is 10.2. The lowest BCUT2D eigenvalue weighted by Gasteiger charge is -1.95. The largest absolute Gasteiger partial charge is 0.466 e. The summed E-state index contributed by atoms with van der Waals surface area (Å²) >= 11 is 0. The Morgan fingerprint density at radius 1 is 1.18 bits per heavy atom. The first-order valence-corrected chi connectivity index (χ1v) is 6.16. The third-order valence-corrected chi connectivity index (χ3v) is 1.70. The number of hydrogen-bond acceptors (Lipinski definition) is 3. The summed E-state index contributed by atoms with van der Waals surface area (Å²) in [5, 5.41) is 0. The molecular formula is C9H12N3O4P.